The predicted octanol–water partition coefficient (Wildman–Crippen LogP) is 3.71. The van der Waals surface area contributed by atoms with Gasteiger partial charge in [-0.25, -0.2) is 0 Å². The van der Waals surface area contributed by atoms with Crippen molar-refractivity contribution in [3.8, 4) is 5.75 Å². The summed E-state index contributed by atoms with van der Waals surface area (Å²) in [6.45, 7) is 3.54. The molecular formula is C27H29N3O3. The van der Waals surface area contributed by atoms with E-state index in [0.717, 1.165) is 12.1 Å². The summed E-state index contributed by atoms with van der Waals surface area (Å²) in [4.78, 5) is 27.2. The lowest BCUT2D eigenvalue weighted by Gasteiger charge is -2.34. The fourth-order valence-electron chi connectivity index (χ4n) is 4.32. The molecule has 0 aromatic heterocycles. The zero-order chi connectivity index (χ0) is 23.2. The molecule has 0 unspecified atom stereocenters. The van der Waals surface area contributed by atoms with Gasteiger partial charge in [-0.2, -0.15) is 0 Å². The first-order chi connectivity index (χ1) is 16.0. The highest BCUT2D eigenvalue weighted by Crippen LogP contribution is 2.33. The maximum absolute atomic E-state index is 12.6. The molecule has 170 valence electrons. The average Bonchev–Trinajstić information content (AvgIpc) is 2.83. The number of aryl methyl sites for hydroxylation is 1. The smallest absolute Gasteiger partial charge is 0.243 e. The van der Waals surface area contributed by atoms with E-state index in [1.54, 1.807) is 13.2 Å². The number of rotatable bonds is 7. The van der Waals surface area contributed by atoms with E-state index in [2.05, 4.69) is 45.9 Å². The maximum atomic E-state index is 12.6. The molecule has 0 fully saturated rings. The Morgan fingerprint density at radius 1 is 1.00 bits per heavy atom. The van der Waals surface area contributed by atoms with Gasteiger partial charge in [-0.15, -0.1) is 0 Å². The summed E-state index contributed by atoms with van der Waals surface area (Å²) in [5.74, 6) is 0.325. The fourth-order valence-corrected chi connectivity index (χ4v) is 4.32. The lowest BCUT2D eigenvalue weighted by molar-refractivity contribution is -0.125. The van der Waals surface area contributed by atoms with Crippen LogP contribution in [0, 0.1) is 6.92 Å². The molecule has 3 aromatic rings. The zero-order valence-electron chi connectivity index (χ0n) is 19.0. The van der Waals surface area contributed by atoms with Crippen LogP contribution in [0.15, 0.2) is 72.8 Å². The summed E-state index contributed by atoms with van der Waals surface area (Å²) >= 11 is 0. The van der Waals surface area contributed by atoms with Crippen molar-refractivity contribution in [3.05, 3.63) is 95.1 Å². The van der Waals surface area contributed by atoms with E-state index in [0.29, 0.717) is 18.0 Å². The number of carbonyl (C=O) groups excluding carboxylic acids is 2. The average molecular weight is 444 g/mol. The van der Waals surface area contributed by atoms with Crippen molar-refractivity contribution in [1.82, 2.24) is 10.2 Å². The Bertz CT molecular complexity index is 1130. The Labute approximate surface area is 194 Å². The van der Waals surface area contributed by atoms with E-state index in [9.17, 15) is 9.59 Å². The van der Waals surface area contributed by atoms with Gasteiger partial charge in [-0.3, -0.25) is 14.5 Å². The number of methoxy groups -OCH3 is 1. The Hall–Kier alpha value is -3.64. The van der Waals surface area contributed by atoms with Crippen molar-refractivity contribution < 1.29 is 14.3 Å². The van der Waals surface area contributed by atoms with E-state index in [1.807, 2.05) is 43.3 Å². The van der Waals surface area contributed by atoms with Gasteiger partial charge < -0.3 is 15.4 Å². The third-order valence-electron chi connectivity index (χ3n) is 5.91. The van der Waals surface area contributed by atoms with Crippen LogP contribution in [0.3, 0.4) is 0 Å². The molecule has 4 rings (SSSR count). The molecule has 3 aromatic carbocycles. The molecule has 6 heteroatoms. The zero-order valence-corrected chi connectivity index (χ0v) is 19.0. The molecular weight excluding hydrogens is 414 g/mol. The lowest BCUT2D eigenvalue weighted by atomic mass is 9.85. The van der Waals surface area contributed by atoms with Gasteiger partial charge in [-0.05, 0) is 41.3 Å². The predicted molar refractivity (Wildman–Crippen MR) is 129 cm³/mol. The highest BCUT2D eigenvalue weighted by Gasteiger charge is 2.27. The minimum atomic E-state index is -0.293. The molecule has 0 bridgehead atoms. The van der Waals surface area contributed by atoms with Crippen molar-refractivity contribution in [2.45, 2.75) is 19.4 Å². The molecule has 0 saturated carbocycles. The first-order valence-electron chi connectivity index (χ1n) is 11.1. The number of ether oxygens (including phenoxy) is 1. The van der Waals surface area contributed by atoms with E-state index in [4.69, 9.17) is 4.74 Å². The minimum absolute atomic E-state index is 0.0948. The molecule has 0 aliphatic carbocycles. The molecule has 0 saturated heterocycles. The lowest BCUT2D eigenvalue weighted by Crippen LogP contribution is -2.43. The van der Waals surface area contributed by atoms with Gasteiger partial charge in [0.25, 0.3) is 0 Å². The summed E-state index contributed by atoms with van der Waals surface area (Å²) < 4.78 is 5.29. The van der Waals surface area contributed by atoms with Crippen LogP contribution in [-0.4, -0.2) is 43.5 Å². The largest absolute Gasteiger partial charge is 0.495 e. The second-order valence-electron chi connectivity index (χ2n) is 8.36. The van der Waals surface area contributed by atoms with Crippen LogP contribution < -0.4 is 15.4 Å². The Kier molecular flexibility index (Phi) is 7.05. The van der Waals surface area contributed by atoms with Gasteiger partial charge in [0.05, 0.1) is 25.9 Å². The van der Waals surface area contributed by atoms with Gasteiger partial charge in [-0.1, -0.05) is 60.7 Å². The number of hydrogen-bond acceptors (Lipinski definition) is 4. The number of nitrogens with zero attached hydrogens (tertiary/aromatic N) is 1. The number of carbonyl (C=O) groups is 2. The highest BCUT2D eigenvalue weighted by atomic mass is 16.5. The molecule has 2 N–H and O–H groups in total. The highest BCUT2D eigenvalue weighted by molar-refractivity contribution is 5.96. The van der Waals surface area contributed by atoms with Crippen LogP contribution in [0.1, 0.15) is 28.2 Å². The summed E-state index contributed by atoms with van der Waals surface area (Å²) in [7, 11) is 1.56. The normalized spacial score (nSPS) is 15.4. The van der Waals surface area contributed by atoms with E-state index in [1.165, 1.54) is 16.7 Å². The van der Waals surface area contributed by atoms with Gasteiger partial charge in [0, 0.05) is 19.0 Å². The third-order valence-corrected chi connectivity index (χ3v) is 5.91. The standard InChI is InChI=1S/C27H29N3O3/c1-19-12-13-25(33-2)24(14-19)29-26(31)15-28-27(32)18-30-16-21-10-6-7-11-22(21)23(17-30)20-8-4-3-5-9-20/h3-14,23H,15-18H2,1-2H3,(H,28,32)(H,29,31)/t23-/m1/s1. The Balaban J connectivity index is 1.36. The SMILES string of the molecule is COc1ccc(C)cc1NC(=O)CNC(=O)CN1Cc2ccccc2[C@@H](c2ccccc2)C1. The molecule has 0 spiro atoms. The van der Waals surface area contributed by atoms with Gasteiger partial charge >= 0.3 is 0 Å². The van der Waals surface area contributed by atoms with E-state index < -0.39 is 0 Å². The van der Waals surface area contributed by atoms with Crippen molar-refractivity contribution in [2.24, 2.45) is 0 Å². The van der Waals surface area contributed by atoms with Gasteiger partial charge in [0.15, 0.2) is 0 Å². The van der Waals surface area contributed by atoms with Crippen molar-refractivity contribution >= 4 is 17.5 Å². The summed E-state index contributed by atoms with van der Waals surface area (Å²) in [6.07, 6.45) is 0. The summed E-state index contributed by atoms with van der Waals surface area (Å²) in [5.41, 5.74) is 5.38. The first-order valence-corrected chi connectivity index (χ1v) is 11.1. The molecule has 1 heterocycles. The van der Waals surface area contributed by atoms with Gasteiger partial charge in [0.2, 0.25) is 11.8 Å². The first kappa shape index (κ1) is 22.6. The molecule has 1 aliphatic heterocycles. The molecule has 33 heavy (non-hydrogen) atoms. The molecule has 6 nitrogen and oxygen atoms in total. The number of fused-ring (bicyclic) bond motifs is 1. The maximum Gasteiger partial charge on any atom is 0.243 e. The number of anilines is 1. The van der Waals surface area contributed by atoms with Crippen molar-refractivity contribution in [2.75, 3.05) is 32.1 Å². The second-order valence-corrected chi connectivity index (χ2v) is 8.36. The van der Waals surface area contributed by atoms with Crippen LogP contribution in [-0.2, 0) is 16.1 Å². The van der Waals surface area contributed by atoms with Crippen LogP contribution in [0.4, 0.5) is 5.69 Å². The monoisotopic (exact) mass is 443 g/mol. The molecule has 1 aliphatic rings. The third kappa shape index (κ3) is 5.59. The van der Waals surface area contributed by atoms with Crippen LogP contribution in [0.2, 0.25) is 0 Å². The number of benzene rings is 3. The van der Waals surface area contributed by atoms with Crippen LogP contribution >= 0.6 is 0 Å². The fraction of sp³-hybridized carbons (Fsp3) is 0.259. The quantitative estimate of drug-likeness (QED) is 0.584. The van der Waals surface area contributed by atoms with Crippen LogP contribution in [0.5, 0.6) is 5.75 Å². The minimum Gasteiger partial charge on any atom is -0.495 e. The number of nitrogens with one attached hydrogen (secondary N) is 2. The van der Waals surface area contributed by atoms with Gasteiger partial charge in [0.1, 0.15) is 5.75 Å². The topological polar surface area (TPSA) is 70.7 Å². The van der Waals surface area contributed by atoms with Crippen molar-refractivity contribution in [1.29, 1.82) is 0 Å². The number of amides is 2. The number of hydrogen-bond donors (Lipinski definition) is 2. The molecule has 0 radical (unpaired) electrons. The van der Waals surface area contributed by atoms with E-state index >= 15 is 0 Å². The Morgan fingerprint density at radius 3 is 2.55 bits per heavy atom. The van der Waals surface area contributed by atoms with Crippen molar-refractivity contribution in [3.63, 3.8) is 0 Å². The second kappa shape index (κ2) is 10.3. The van der Waals surface area contributed by atoms with E-state index in [-0.39, 0.29) is 30.8 Å². The summed E-state index contributed by atoms with van der Waals surface area (Å²) in [5, 5.41) is 5.56. The Morgan fingerprint density at radius 2 is 1.76 bits per heavy atom. The van der Waals surface area contributed by atoms with Crippen LogP contribution in [0.25, 0.3) is 0 Å². The molecule has 1 atom stereocenters. The summed E-state index contributed by atoms with van der Waals surface area (Å²) in [6, 6.07) is 24.3. The molecule has 2 amide bonds.